The molecule has 1 unspecified atom stereocenters. The van der Waals surface area contributed by atoms with E-state index in [0.717, 1.165) is 53.0 Å². The predicted octanol–water partition coefficient (Wildman–Crippen LogP) is 8.88. The van der Waals surface area contributed by atoms with Crippen LogP contribution < -0.4 is 15.5 Å². The molecule has 1 aliphatic carbocycles. The second-order valence-electron chi connectivity index (χ2n) is 12.0. The van der Waals surface area contributed by atoms with E-state index in [4.69, 9.17) is 0 Å². The van der Waals surface area contributed by atoms with Crippen molar-refractivity contribution in [2.24, 2.45) is 11.8 Å². The smallest absolute Gasteiger partial charge is 0.261 e. The van der Waals surface area contributed by atoms with Gasteiger partial charge in [-0.25, -0.2) is 0 Å². The summed E-state index contributed by atoms with van der Waals surface area (Å²) >= 11 is 1.45. The summed E-state index contributed by atoms with van der Waals surface area (Å²) in [7, 11) is 0. The van der Waals surface area contributed by atoms with E-state index in [1.165, 1.54) is 17.8 Å². The maximum Gasteiger partial charge on any atom is 0.261 e. The molecule has 0 aliphatic heterocycles. The summed E-state index contributed by atoms with van der Waals surface area (Å²) in [5.41, 5.74) is 4.73. The first-order valence-corrected chi connectivity index (χ1v) is 16.5. The van der Waals surface area contributed by atoms with Gasteiger partial charge in [0.25, 0.3) is 17.7 Å². The van der Waals surface area contributed by atoms with Crippen molar-refractivity contribution < 1.29 is 14.4 Å². The molecule has 7 heteroatoms. The number of thiophene rings is 1. The van der Waals surface area contributed by atoms with E-state index in [1.807, 2.05) is 56.3 Å². The maximum atomic E-state index is 13.9. The lowest BCUT2D eigenvalue weighted by molar-refractivity contribution is -0.112. The maximum absolute atomic E-state index is 13.9. The molecule has 1 saturated carbocycles. The van der Waals surface area contributed by atoms with Gasteiger partial charge in [-0.3, -0.25) is 14.4 Å². The number of allylic oxidation sites excluding steroid dienone is 2. The summed E-state index contributed by atoms with van der Waals surface area (Å²) in [6, 6.07) is 19.0. The van der Waals surface area contributed by atoms with Gasteiger partial charge < -0.3 is 15.5 Å². The lowest BCUT2D eigenvalue weighted by Crippen LogP contribution is -2.39. The number of carbonyl (C=O) groups excluding carboxylic acids is 3. The van der Waals surface area contributed by atoms with Gasteiger partial charge in [0, 0.05) is 39.9 Å². The van der Waals surface area contributed by atoms with E-state index >= 15 is 0 Å². The van der Waals surface area contributed by atoms with Gasteiger partial charge in [-0.1, -0.05) is 57.5 Å². The molecule has 0 spiro atoms. The summed E-state index contributed by atoms with van der Waals surface area (Å²) in [6.07, 6.45) is 6.74. The molecule has 1 aromatic heterocycles. The fourth-order valence-corrected chi connectivity index (χ4v) is 6.30. The molecule has 3 amide bonds. The highest BCUT2D eigenvalue weighted by molar-refractivity contribution is 7.17. The van der Waals surface area contributed by atoms with Gasteiger partial charge >= 0.3 is 0 Å². The van der Waals surface area contributed by atoms with E-state index in [9.17, 15) is 14.4 Å². The van der Waals surface area contributed by atoms with Crippen LogP contribution in [0.1, 0.15) is 86.8 Å². The van der Waals surface area contributed by atoms with Gasteiger partial charge in [0.2, 0.25) is 0 Å². The van der Waals surface area contributed by atoms with Gasteiger partial charge in [0.05, 0.1) is 10.6 Å². The second-order valence-corrected chi connectivity index (χ2v) is 13.1. The molecular formula is C37H45N3O3S. The molecule has 0 radical (unpaired) electrons. The Morgan fingerprint density at radius 2 is 1.73 bits per heavy atom. The van der Waals surface area contributed by atoms with Crippen molar-refractivity contribution in [3.63, 3.8) is 0 Å². The zero-order valence-corrected chi connectivity index (χ0v) is 27.4. The van der Waals surface area contributed by atoms with Crippen LogP contribution in [0.5, 0.6) is 0 Å². The molecule has 44 heavy (non-hydrogen) atoms. The summed E-state index contributed by atoms with van der Waals surface area (Å²) < 4.78 is 0. The molecule has 1 heterocycles. The van der Waals surface area contributed by atoms with Gasteiger partial charge in [-0.05, 0) is 93.3 Å². The molecule has 3 aromatic rings. The average Bonchev–Trinajstić information content (AvgIpc) is 3.50. The molecule has 232 valence electrons. The number of nitrogens with zero attached hydrogens (tertiary/aromatic N) is 1. The van der Waals surface area contributed by atoms with E-state index in [2.05, 4.69) is 38.0 Å². The van der Waals surface area contributed by atoms with Crippen LogP contribution in [-0.2, 0) is 4.79 Å². The quantitative estimate of drug-likeness (QED) is 0.150. The molecule has 1 aliphatic rings. The summed E-state index contributed by atoms with van der Waals surface area (Å²) in [6.45, 7) is 14.7. The Bertz CT molecular complexity index is 1510. The van der Waals surface area contributed by atoms with Crippen LogP contribution in [0, 0.1) is 11.8 Å². The molecule has 1 atom stereocenters. The van der Waals surface area contributed by atoms with Crippen molar-refractivity contribution in [3.05, 3.63) is 94.9 Å². The number of anilines is 2. The Kier molecular flexibility index (Phi) is 11.3. The third-order valence-corrected chi connectivity index (χ3v) is 9.39. The Morgan fingerprint density at radius 1 is 1.02 bits per heavy atom. The third kappa shape index (κ3) is 7.94. The molecule has 2 N–H and O–H groups in total. The standard InChI is InChI=1S/C37H45N3O3S/c1-7-22-40(32-15-10-9-14-30(32)33-20-21-34(44-33)36(42)39-28-12-11-13-28)37(43)27-16-18-29(19-17-27)38-35(41)26(6)31(24(3)4)23-25(5)8-2/h8-10,14-21,24-25,28H,2,7,11-13,22-23H2,1,3-6H3,(H,38,41)(H,39,42)/b31-26-. The van der Waals surface area contributed by atoms with Crippen molar-refractivity contribution in [1.82, 2.24) is 5.32 Å². The van der Waals surface area contributed by atoms with Crippen molar-refractivity contribution in [2.75, 3.05) is 16.8 Å². The first-order valence-electron chi connectivity index (χ1n) is 15.7. The first kappa shape index (κ1) is 32.9. The van der Waals surface area contributed by atoms with Crippen LogP contribution in [0.2, 0.25) is 0 Å². The minimum Gasteiger partial charge on any atom is -0.349 e. The molecule has 1 fully saturated rings. The Balaban J connectivity index is 1.53. The first-order chi connectivity index (χ1) is 21.1. The second kappa shape index (κ2) is 15.2. The average molecular weight is 612 g/mol. The SMILES string of the molecule is C=CC(C)C/C(=C(\C)C(=O)Nc1ccc(C(=O)N(CCC)c2ccccc2-c2ccc(C(=O)NC3CCC3)s2)cc1)C(C)C. The van der Waals surface area contributed by atoms with Crippen LogP contribution in [0.25, 0.3) is 10.4 Å². The monoisotopic (exact) mass is 611 g/mol. The fraction of sp³-hybridized carbons (Fsp3) is 0.378. The van der Waals surface area contributed by atoms with Crippen molar-refractivity contribution >= 4 is 40.4 Å². The number of carbonyl (C=O) groups is 3. The number of hydrogen-bond acceptors (Lipinski definition) is 4. The van der Waals surface area contributed by atoms with E-state index in [-0.39, 0.29) is 35.6 Å². The molecule has 2 aromatic carbocycles. The Labute approximate surface area is 266 Å². The zero-order valence-electron chi connectivity index (χ0n) is 26.6. The number of hydrogen-bond donors (Lipinski definition) is 2. The minimum atomic E-state index is -0.137. The third-order valence-electron chi connectivity index (χ3n) is 8.28. The van der Waals surface area contributed by atoms with E-state index in [1.54, 1.807) is 29.2 Å². The van der Waals surface area contributed by atoms with E-state index in [0.29, 0.717) is 22.7 Å². The fourth-order valence-electron chi connectivity index (χ4n) is 5.36. The Hall–Kier alpha value is -3.97. The summed E-state index contributed by atoms with van der Waals surface area (Å²) in [5.74, 6) is 0.251. The van der Waals surface area contributed by atoms with Crippen molar-refractivity contribution in [1.29, 1.82) is 0 Å². The van der Waals surface area contributed by atoms with Crippen LogP contribution in [0.3, 0.4) is 0 Å². The molecule has 0 bridgehead atoms. The van der Waals surface area contributed by atoms with Crippen molar-refractivity contribution in [3.8, 4) is 10.4 Å². The molecule has 4 rings (SSSR count). The normalized spacial score (nSPS) is 14.3. The largest absolute Gasteiger partial charge is 0.349 e. The zero-order chi connectivity index (χ0) is 31.8. The van der Waals surface area contributed by atoms with Crippen LogP contribution >= 0.6 is 11.3 Å². The predicted molar refractivity (Wildman–Crippen MR) is 183 cm³/mol. The summed E-state index contributed by atoms with van der Waals surface area (Å²) in [4.78, 5) is 43.2. The number of benzene rings is 2. The Morgan fingerprint density at radius 3 is 2.34 bits per heavy atom. The summed E-state index contributed by atoms with van der Waals surface area (Å²) in [5, 5.41) is 6.11. The van der Waals surface area contributed by atoms with Crippen molar-refractivity contribution in [2.45, 2.75) is 72.8 Å². The van der Waals surface area contributed by atoms with Crippen LogP contribution in [-0.4, -0.2) is 30.3 Å². The number of amides is 3. The van der Waals surface area contributed by atoms with Crippen LogP contribution in [0.15, 0.2) is 84.5 Å². The molecule has 6 nitrogen and oxygen atoms in total. The lowest BCUT2D eigenvalue weighted by atomic mass is 9.89. The van der Waals surface area contributed by atoms with Gasteiger partial charge in [0.1, 0.15) is 0 Å². The van der Waals surface area contributed by atoms with E-state index < -0.39 is 0 Å². The number of nitrogens with one attached hydrogen (secondary N) is 2. The number of rotatable bonds is 13. The van der Waals surface area contributed by atoms with Gasteiger partial charge in [0.15, 0.2) is 0 Å². The highest BCUT2D eigenvalue weighted by atomic mass is 32.1. The minimum absolute atomic E-state index is 0.0328. The lowest BCUT2D eigenvalue weighted by Gasteiger charge is -2.26. The number of para-hydroxylation sites is 1. The molecule has 0 saturated heterocycles. The van der Waals surface area contributed by atoms with Gasteiger partial charge in [-0.15, -0.1) is 17.9 Å². The highest BCUT2D eigenvalue weighted by Crippen LogP contribution is 2.36. The van der Waals surface area contributed by atoms with Gasteiger partial charge in [-0.2, -0.15) is 0 Å². The highest BCUT2D eigenvalue weighted by Gasteiger charge is 2.24. The topological polar surface area (TPSA) is 78.5 Å². The van der Waals surface area contributed by atoms with Crippen LogP contribution in [0.4, 0.5) is 11.4 Å². The molecular weight excluding hydrogens is 566 g/mol.